The molecule has 0 aromatic heterocycles. The summed E-state index contributed by atoms with van der Waals surface area (Å²) < 4.78 is 20.9. The summed E-state index contributed by atoms with van der Waals surface area (Å²) in [6.07, 6.45) is 0. The van der Waals surface area contributed by atoms with Crippen molar-refractivity contribution in [3.05, 3.63) is 47.0 Å². The first-order valence-electron chi connectivity index (χ1n) is 7.76. The fraction of sp³-hybridized carbons (Fsp3) is 0.222. The number of hydrogen-bond acceptors (Lipinski definition) is 6. The molecule has 2 rings (SSSR count). The monoisotopic (exact) mass is 394 g/mol. The van der Waals surface area contributed by atoms with Gasteiger partial charge in [-0.1, -0.05) is 17.7 Å². The van der Waals surface area contributed by atoms with Crippen molar-refractivity contribution in [1.82, 2.24) is 10.9 Å². The molecule has 0 saturated carbocycles. The normalized spacial score (nSPS) is 9.93. The van der Waals surface area contributed by atoms with Gasteiger partial charge in [0.1, 0.15) is 5.75 Å². The van der Waals surface area contributed by atoms with Crippen LogP contribution in [0, 0.1) is 0 Å². The summed E-state index contributed by atoms with van der Waals surface area (Å²) >= 11 is 5.83. The summed E-state index contributed by atoms with van der Waals surface area (Å²) in [7, 11) is 4.34. The Morgan fingerprint density at radius 1 is 0.963 bits per heavy atom. The van der Waals surface area contributed by atoms with Crippen LogP contribution in [0.3, 0.4) is 0 Å². The lowest BCUT2D eigenvalue weighted by Crippen LogP contribution is -2.43. The van der Waals surface area contributed by atoms with Gasteiger partial charge in [-0.15, -0.1) is 0 Å². The molecule has 27 heavy (non-hydrogen) atoms. The minimum absolute atomic E-state index is 0.209. The molecule has 9 heteroatoms. The molecular weight excluding hydrogens is 376 g/mol. The molecule has 2 N–H and O–H groups in total. The standard InChI is InChI=1S/C18H19ClN2O6/c1-24-14-7-11(8-15(25-2)17(14)26-3)18(23)21-20-16(22)10-27-13-6-4-5-12(19)9-13/h4-9H,10H2,1-3H3,(H,20,22)(H,21,23). The second kappa shape index (κ2) is 9.54. The van der Waals surface area contributed by atoms with Gasteiger partial charge in [-0.05, 0) is 30.3 Å². The van der Waals surface area contributed by atoms with Crippen LogP contribution in [-0.4, -0.2) is 39.8 Å². The van der Waals surface area contributed by atoms with Crippen LogP contribution >= 0.6 is 11.6 Å². The topological polar surface area (TPSA) is 95.1 Å². The summed E-state index contributed by atoms with van der Waals surface area (Å²) in [6.45, 7) is -0.296. The zero-order chi connectivity index (χ0) is 19.8. The predicted octanol–water partition coefficient (Wildman–Crippen LogP) is 2.21. The molecule has 0 aliphatic heterocycles. The third-order valence-corrected chi connectivity index (χ3v) is 3.64. The van der Waals surface area contributed by atoms with Gasteiger partial charge in [-0.2, -0.15) is 0 Å². The van der Waals surface area contributed by atoms with Gasteiger partial charge in [-0.25, -0.2) is 0 Å². The van der Waals surface area contributed by atoms with Crippen LogP contribution < -0.4 is 29.8 Å². The smallest absolute Gasteiger partial charge is 0.276 e. The molecule has 2 aromatic carbocycles. The molecule has 8 nitrogen and oxygen atoms in total. The Balaban J connectivity index is 1.95. The van der Waals surface area contributed by atoms with E-state index in [0.29, 0.717) is 28.0 Å². The number of rotatable bonds is 7. The zero-order valence-electron chi connectivity index (χ0n) is 15.0. The Labute approximate surface area is 161 Å². The molecule has 0 unspecified atom stereocenters. The van der Waals surface area contributed by atoms with Crippen LogP contribution in [-0.2, 0) is 4.79 Å². The van der Waals surface area contributed by atoms with E-state index in [0.717, 1.165) is 0 Å². The molecule has 0 bridgehead atoms. The Bertz CT molecular complexity index is 802. The molecule has 0 fully saturated rings. The number of benzene rings is 2. The SMILES string of the molecule is COc1cc(C(=O)NNC(=O)COc2cccc(Cl)c2)cc(OC)c1OC. The molecule has 0 heterocycles. The zero-order valence-corrected chi connectivity index (χ0v) is 15.8. The van der Waals surface area contributed by atoms with Crippen molar-refractivity contribution >= 4 is 23.4 Å². The van der Waals surface area contributed by atoms with Gasteiger partial charge < -0.3 is 18.9 Å². The summed E-state index contributed by atoms with van der Waals surface area (Å²) in [5.41, 5.74) is 4.76. The number of halogens is 1. The summed E-state index contributed by atoms with van der Waals surface area (Å²) in [4.78, 5) is 24.1. The van der Waals surface area contributed by atoms with Gasteiger partial charge >= 0.3 is 0 Å². The number of methoxy groups -OCH3 is 3. The molecule has 0 radical (unpaired) electrons. The molecule has 0 atom stereocenters. The Morgan fingerprint density at radius 3 is 2.19 bits per heavy atom. The lowest BCUT2D eigenvalue weighted by Gasteiger charge is -2.14. The first-order valence-corrected chi connectivity index (χ1v) is 8.13. The van der Waals surface area contributed by atoms with Crippen molar-refractivity contribution in [2.24, 2.45) is 0 Å². The van der Waals surface area contributed by atoms with Gasteiger partial charge in [0.2, 0.25) is 5.75 Å². The van der Waals surface area contributed by atoms with E-state index in [4.69, 9.17) is 30.5 Å². The maximum absolute atomic E-state index is 12.3. The van der Waals surface area contributed by atoms with E-state index in [2.05, 4.69) is 10.9 Å². The Morgan fingerprint density at radius 2 is 1.63 bits per heavy atom. The second-order valence-corrected chi connectivity index (χ2v) is 5.60. The molecule has 0 saturated heterocycles. The average molecular weight is 395 g/mol. The van der Waals surface area contributed by atoms with E-state index in [9.17, 15) is 9.59 Å². The molecule has 2 amide bonds. The molecule has 144 valence electrons. The van der Waals surface area contributed by atoms with Crippen molar-refractivity contribution in [3.8, 4) is 23.0 Å². The summed E-state index contributed by atoms with van der Waals surface area (Å²) in [5, 5.41) is 0.489. The molecular formula is C18H19ClN2O6. The first-order chi connectivity index (χ1) is 13.0. The molecule has 0 spiro atoms. The average Bonchev–Trinajstić information content (AvgIpc) is 2.69. The van der Waals surface area contributed by atoms with Crippen LogP contribution in [0.25, 0.3) is 0 Å². The van der Waals surface area contributed by atoms with Gasteiger partial charge in [0.25, 0.3) is 11.8 Å². The third-order valence-electron chi connectivity index (χ3n) is 3.41. The van der Waals surface area contributed by atoms with Gasteiger partial charge in [-0.3, -0.25) is 20.4 Å². The van der Waals surface area contributed by atoms with Crippen molar-refractivity contribution in [2.45, 2.75) is 0 Å². The van der Waals surface area contributed by atoms with Crippen LogP contribution in [0.15, 0.2) is 36.4 Å². The summed E-state index contributed by atoms with van der Waals surface area (Å²) in [6, 6.07) is 9.54. The predicted molar refractivity (Wildman–Crippen MR) is 98.7 cm³/mol. The van der Waals surface area contributed by atoms with E-state index in [-0.39, 0.29) is 12.2 Å². The number of amides is 2. The van der Waals surface area contributed by atoms with E-state index in [1.807, 2.05) is 0 Å². The highest BCUT2D eigenvalue weighted by atomic mass is 35.5. The quantitative estimate of drug-likeness (QED) is 0.699. The van der Waals surface area contributed by atoms with Crippen LogP contribution in [0.5, 0.6) is 23.0 Å². The first kappa shape index (κ1) is 20.2. The van der Waals surface area contributed by atoms with E-state index < -0.39 is 11.8 Å². The van der Waals surface area contributed by atoms with E-state index in [1.54, 1.807) is 24.3 Å². The van der Waals surface area contributed by atoms with Crippen LogP contribution in [0.4, 0.5) is 0 Å². The fourth-order valence-corrected chi connectivity index (χ4v) is 2.33. The summed E-state index contributed by atoms with van der Waals surface area (Å²) in [5.74, 6) is 0.320. The fourth-order valence-electron chi connectivity index (χ4n) is 2.15. The van der Waals surface area contributed by atoms with E-state index in [1.165, 1.54) is 33.5 Å². The van der Waals surface area contributed by atoms with Crippen molar-refractivity contribution in [1.29, 1.82) is 0 Å². The van der Waals surface area contributed by atoms with Crippen LogP contribution in [0.1, 0.15) is 10.4 Å². The number of hydrogen-bond donors (Lipinski definition) is 2. The van der Waals surface area contributed by atoms with Crippen molar-refractivity contribution < 1.29 is 28.5 Å². The Hall–Kier alpha value is -3.13. The van der Waals surface area contributed by atoms with Crippen molar-refractivity contribution in [3.63, 3.8) is 0 Å². The van der Waals surface area contributed by atoms with Gasteiger partial charge in [0.05, 0.1) is 21.3 Å². The van der Waals surface area contributed by atoms with Crippen LogP contribution in [0.2, 0.25) is 5.02 Å². The number of carbonyl (C=O) groups excluding carboxylic acids is 2. The maximum Gasteiger partial charge on any atom is 0.276 e. The van der Waals surface area contributed by atoms with E-state index >= 15 is 0 Å². The van der Waals surface area contributed by atoms with Crippen molar-refractivity contribution in [2.75, 3.05) is 27.9 Å². The second-order valence-electron chi connectivity index (χ2n) is 5.16. The molecule has 0 aliphatic carbocycles. The minimum Gasteiger partial charge on any atom is -0.493 e. The number of nitrogens with one attached hydrogen (secondary N) is 2. The lowest BCUT2D eigenvalue weighted by molar-refractivity contribution is -0.123. The highest BCUT2D eigenvalue weighted by molar-refractivity contribution is 6.30. The number of ether oxygens (including phenoxy) is 4. The minimum atomic E-state index is -0.564. The number of hydrazine groups is 1. The highest BCUT2D eigenvalue weighted by Gasteiger charge is 2.17. The molecule has 2 aromatic rings. The largest absolute Gasteiger partial charge is 0.493 e. The van der Waals surface area contributed by atoms with Gasteiger partial charge in [0.15, 0.2) is 18.1 Å². The lowest BCUT2D eigenvalue weighted by atomic mass is 10.1. The van der Waals surface area contributed by atoms with Gasteiger partial charge in [0, 0.05) is 10.6 Å². The maximum atomic E-state index is 12.3. The molecule has 0 aliphatic rings. The number of carbonyl (C=O) groups is 2. The highest BCUT2D eigenvalue weighted by Crippen LogP contribution is 2.38. The third kappa shape index (κ3) is 5.42. The Kier molecular flexibility index (Phi) is 7.13.